The molecule has 29 heavy (non-hydrogen) atoms. The molecule has 0 saturated carbocycles. The van der Waals surface area contributed by atoms with Crippen LogP contribution in [0.4, 0.5) is 17.1 Å². The number of hydrogen-bond acceptors (Lipinski definition) is 4. The van der Waals surface area contributed by atoms with E-state index in [-0.39, 0.29) is 5.91 Å². The van der Waals surface area contributed by atoms with Crippen LogP contribution in [-0.4, -0.2) is 32.1 Å². The van der Waals surface area contributed by atoms with Crippen molar-refractivity contribution in [3.05, 3.63) is 90.0 Å². The number of piperazine rings is 1. The van der Waals surface area contributed by atoms with Crippen LogP contribution in [0.25, 0.3) is 0 Å². The van der Waals surface area contributed by atoms with Crippen LogP contribution in [0.15, 0.2) is 78.9 Å². The maximum atomic E-state index is 12.3. The Morgan fingerprint density at radius 2 is 1.28 bits per heavy atom. The molecule has 5 heteroatoms. The number of carbonyl (C=O) groups excluding carboxylic acids is 1. The molecule has 0 spiro atoms. The summed E-state index contributed by atoms with van der Waals surface area (Å²) in [6.07, 6.45) is 0. The van der Waals surface area contributed by atoms with Gasteiger partial charge in [-0.05, 0) is 60.7 Å². The Hall–Kier alpha value is -3.78. The number of nitrogens with zero attached hydrogens (tertiary/aromatic N) is 3. The molecule has 1 amide bonds. The van der Waals surface area contributed by atoms with Crippen LogP contribution in [0.2, 0.25) is 0 Å². The van der Waals surface area contributed by atoms with Crippen LogP contribution in [0.3, 0.4) is 0 Å². The van der Waals surface area contributed by atoms with Crippen molar-refractivity contribution in [3.8, 4) is 6.07 Å². The second kappa shape index (κ2) is 8.49. The Morgan fingerprint density at radius 3 is 1.79 bits per heavy atom. The standard InChI is InChI=1S/C24H22N4O/c25-18-19-6-10-22(11-7-19)27-14-16-28(17-15-27)23-12-8-21(9-13-23)26-24(29)20-4-2-1-3-5-20/h1-13H,14-17H2,(H,26,29). The van der Waals surface area contributed by atoms with Crippen molar-refractivity contribution in [2.24, 2.45) is 0 Å². The highest BCUT2D eigenvalue weighted by atomic mass is 16.1. The smallest absolute Gasteiger partial charge is 0.255 e. The van der Waals surface area contributed by atoms with Gasteiger partial charge in [-0.15, -0.1) is 0 Å². The molecule has 0 aromatic heterocycles. The monoisotopic (exact) mass is 382 g/mol. The Kier molecular flexibility index (Phi) is 5.44. The molecule has 1 N–H and O–H groups in total. The largest absolute Gasteiger partial charge is 0.368 e. The molecule has 3 aromatic rings. The molecular formula is C24H22N4O. The normalized spacial score (nSPS) is 13.6. The fourth-order valence-corrected chi connectivity index (χ4v) is 3.52. The van der Waals surface area contributed by atoms with Gasteiger partial charge in [0.05, 0.1) is 11.6 Å². The predicted octanol–water partition coefficient (Wildman–Crippen LogP) is 4.14. The summed E-state index contributed by atoms with van der Waals surface area (Å²) in [5.74, 6) is -0.102. The van der Waals surface area contributed by atoms with Crippen LogP contribution in [0.1, 0.15) is 15.9 Å². The Labute approximate surface area is 170 Å². The first kappa shape index (κ1) is 18.6. The van der Waals surface area contributed by atoms with E-state index in [0.29, 0.717) is 11.1 Å². The van der Waals surface area contributed by atoms with Crippen molar-refractivity contribution >= 4 is 23.0 Å². The molecule has 0 atom stereocenters. The average Bonchev–Trinajstić information content (AvgIpc) is 2.80. The lowest BCUT2D eigenvalue weighted by Crippen LogP contribution is -2.46. The lowest BCUT2D eigenvalue weighted by atomic mass is 10.1. The molecule has 1 heterocycles. The lowest BCUT2D eigenvalue weighted by molar-refractivity contribution is 0.102. The van der Waals surface area contributed by atoms with Gasteiger partial charge in [0, 0.05) is 48.8 Å². The number of nitrogens with one attached hydrogen (secondary N) is 1. The van der Waals surface area contributed by atoms with Crippen molar-refractivity contribution in [3.63, 3.8) is 0 Å². The van der Waals surface area contributed by atoms with Crippen LogP contribution in [-0.2, 0) is 0 Å². The van der Waals surface area contributed by atoms with Crippen LogP contribution < -0.4 is 15.1 Å². The number of anilines is 3. The van der Waals surface area contributed by atoms with Crippen LogP contribution in [0.5, 0.6) is 0 Å². The summed E-state index contributed by atoms with van der Waals surface area (Å²) in [5.41, 5.74) is 4.44. The molecule has 0 aliphatic carbocycles. The Morgan fingerprint density at radius 1 is 0.759 bits per heavy atom. The SMILES string of the molecule is N#Cc1ccc(N2CCN(c3ccc(NC(=O)c4ccccc4)cc3)CC2)cc1. The van der Waals surface area contributed by atoms with Gasteiger partial charge >= 0.3 is 0 Å². The van der Waals surface area contributed by atoms with E-state index in [1.807, 2.05) is 54.6 Å². The summed E-state index contributed by atoms with van der Waals surface area (Å²) >= 11 is 0. The summed E-state index contributed by atoms with van der Waals surface area (Å²) in [5, 5.41) is 11.9. The van der Waals surface area contributed by atoms with E-state index in [1.54, 1.807) is 12.1 Å². The zero-order chi connectivity index (χ0) is 20.1. The number of rotatable bonds is 4. The molecule has 0 unspecified atom stereocenters. The first-order valence-corrected chi connectivity index (χ1v) is 9.69. The molecule has 1 aliphatic heterocycles. The maximum absolute atomic E-state index is 12.3. The van der Waals surface area contributed by atoms with E-state index in [9.17, 15) is 4.79 Å². The quantitative estimate of drug-likeness (QED) is 0.737. The molecule has 5 nitrogen and oxygen atoms in total. The Balaban J connectivity index is 1.34. The van der Waals surface area contributed by atoms with Gasteiger partial charge in [-0.2, -0.15) is 5.26 Å². The van der Waals surface area contributed by atoms with E-state index in [1.165, 1.54) is 0 Å². The number of hydrogen-bond donors (Lipinski definition) is 1. The zero-order valence-corrected chi connectivity index (χ0v) is 16.1. The number of carbonyl (C=O) groups is 1. The lowest BCUT2D eigenvalue weighted by Gasteiger charge is -2.37. The van der Waals surface area contributed by atoms with Gasteiger partial charge in [-0.1, -0.05) is 18.2 Å². The van der Waals surface area contributed by atoms with Gasteiger partial charge in [0.25, 0.3) is 5.91 Å². The minimum atomic E-state index is -0.102. The number of benzene rings is 3. The van der Waals surface area contributed by atoms with E-state index in [2.05, 4.69) is 33.3 Å². The highest BCUT2D eigenvalue weighted by Crippen LogP contribution is 2.22. The van der Waals surface area contributed by atoms with Crippen LogP contribution in [0, 0.1) is 11.3 Å². The zero-order valence-electron chi connectivity index (χ0n) is 16.1. The van der Waals surface area contributed by atoms with Gasteiger partial charge in [0.15, 0.2) is 0 Å². The highest BCUT2D eigenvalue weighted by molar-refractivity contribution is 6.04. The molecule has 1 aliphatic rings. The summed E-state index contributed by atoms with van der Waals surface area (Å²) in [6.45, 7) is 3.71. The molecule has 1 fully saturated rings. The van der Waals surface area contributed by atoms with Crippen molar-refractivity contribution in [2.75, 3.05) is 41.3 Å². The highest BCUT2D eigenvalue weighted by Gasteiger charge is 2.17. The second-order valence-corrected chi connectivity index (χ2v) is 7.00. The molecular weight excluding hydrogens is 360 g/mol. The minimum absolute atomic E-state index is 0.102. The van der Waals surface area contributed by atoms with Gasteiger partial charge in [0.2, 0.25) is 0 Å². The second-order valence-electron chi connectivity index (χ2n) is 7.00. The minimum Gasteiger partial charge on any atom is -0.368 e. The van der Waals surface area contributed by atoms with E-state index >= 15 is 0 Å². The average molecular weight is 382 g/mol. The third-order valence-corrected chi connectivity index (χ3v) is 5.17. The predicted molar refractivity (Wildman–Crippen MR) is 116 cm³/mol. The summed E-state index contributed by atoms with van der Waals surface area (Å²) < 4.78 is 0. The molecule has 3 aromatic carbocycles. The van der Waals surface area contributed by atoms with Crippen molar-refractivity contribution < 1.29 is 4.79 Å². The molecule has 1 saturated heterocycles. The fraction of sp³-hybridized carbons (Fsp3) is 0.167. The number of amides is 1. The number of nitriles is 1. The van der Waals surface area contributed by atoms with Gasteiger partial charge in [-0.25, -0.2) is 0 Å². The third kappa shape index (κ3) is 4.39. The van der Waals surface area contributed by atoms with E-state index < -0.39 is 0 Å². The summed E-state index contributed by atoms with van der Waals surface area (Å²) in [6, 6.07) is 27.1. The molecule has 0 radical (unpaired) electrons. The first-order chi connectivity index (χ1) is 14.2. The first-order valence-electron chi connectivity index (χ1n) is 9.69. The van der Waals surface area contributed by atoms with Crippen molar-refractivity contribution in [1.82, 2.24) is 0 Å². The molecule has 144 valence electrons. The maximum Gasteiger partial charge on any atom is 0.255 e. The summed E-state index contributed by atoms with van der Waals surface area (Å²) in [7, 11) is 0. The van der Waals surface area contributed by atoms with Crippen molar-refractivity contribution in [2.45, 2.75) is 0 Å². The van der Waals surface area contributed by atoms with Crippen LogP contribution >= 0.6 is 0 Å². The Bertz CT molecular complexity index is 1000. The topological polar surface area (TPSA) is 59.4 Å². The van der Waals surface area contributed by atoms with Crippen molar-refractivity contribution in [1.29, 1.82) is 5.26 Å². The van der Waals surface area contributed by atoms with Gasteiger partial charge < -0.3 is 15.1 Å². The molecule has 4 rings (SSSR count). The fourth-order valence-electron chi connectivity index (χ4n) is 3.52. The van der Waals surface area contributed by atoms with E-state index in [0.717, 1.165) is 43.2 Å². The summed E-state index contributed by atoms with van der Waals surface area (Å²) in [4.78, 5) is 17.0. The van der Waals surface area contributed by atoms with E-state index in [4.69, 9.17) is 5.26 Å². The molecule has 0 bridgehead atoms. The third-order valence-electron chi connectivity index (χ3n) is 5.17. The van der Waals surface area contributed by atoms with Gasteiger partial charge in [0.1, 0.15) is 0 Å². The van der Waals surface area contributed by atoms with Gasteiger partial charge in [-0.3, -0.25) is 4.79 Å².